The first-order valence-corrected chi connectivity index (χ1v) is 4.64. The average Bonchev–Trinajstić information content (AvgIpc) is 2.03. The molecule has 12 heavy (non-hydrogen) atoms. The quantitative estimate of drug-likeness (QED) is 0.490. The highest BCUT2D eigenvalue weighted by atomic mass is 35.5. The molecule has 1 unspecified atom stereocenters. The Morgan fingerprint density at radius 2 is 2.42 bits per heavy atom. The van der Waals surface area contributed by atoms with Gasteiger partial charge < -0.3 is 4.74 Å². The van der Waals surface area contributed by atoms with Crippen molar-refractivity contribution in [3.63, 3.8) is 0 Å². The zero-order valence-electron chi connectivity index (χ0n) is 7.34. The van der Waals surface area contributed by atoms with Gasteiger partial charge in [0.25, 0.3) is 0 Å². The molecule has 2 nitrogen and oxygen atoms in total. The summed E-state index contributed by atoms with van der Waals surface area (Å²) in [5.74, 6) is 0.537. The van der Waals surface area contributed by atoms with E-state index in [1.807, 2.05) is 0 Å². The maximum Gasteiger partial charge on any atom is 0.331 e. The highest BCUT2D eigenvalue weighted by Gasteiger charge is 2.21. The van der Waals surface area contributed by atoms with Gasteiger partial charge in [-0.1, -0.05) is 19.4 Å². The molecule has 1 rings (SSSR count). The second-order valence-corrected chi connectivity index (χ2v) is 3.60. The van der Waals surface area contributed by atoms with Gasteiger partial charge in [-0.25, -0.2) is 4.79 Å². The lowest BCUT2D eigenvalue weighted by atomic mass is 9.96. The lowest BCUT2D eigenvalue weighted by Crippen LogP contribution is -2.25. The van der Waals surface area contributed by atoms with E-state index in [-0.39, 0.29) is 12.1 Å². The van der Waals surface area contributed by atoms with Gasteiger partial charge in [0.2, 0.25) is 0 Å². The van der Waals surface area contributed by atoms with Gasteiger partial charge in [-0.3, -0.25) is 0 Å². The van der Waals surface area contributed by atoms with Crippen molar-refractivity contribution in [3.8, 4) is 0 Å². The molecule has 0 bridgehead atoms. The monoisotopic (exact) mass is 188 g/mol. The van der Waals surface area contributed by atoms with E-state index >= 15 is 0 Å². The molecule has 68 valence electrons. The number of esters is 1. The molecule has 0 amide bonds. The van der Waals surface area contributed by atoms with Crippen LogP contribution in [0.4, 0.5) is 0 Å². The van der Waals surface area contributed by atoms with Crippen LogP contribution >= 0.6 is 11.6 Å². The fourth-order valence-corrected chi connectivity index (χ4v) is 1.37. The van der Waals surface area contributed by atoms with Gasteiger partial charge in [0.05, 0.1) is 5.88 Å². The van der Waals surface area contributed by atoms with Crippen LogP contribution in [0.3, 0.4) is 0 Å². The minimum absolute atomic E-state index is 0.124. The normalized spacial score (nSPS) is 23.8. The van der Waals surface area contributed by atoms with Crippen LogP contribution < -0.4 is 0 Å². The Hall–Kier alpha value is -0.500. The molecule has 0 aliphatic carbocycles. The molecule has 0 fully saturated rings. The van der Waals surface area contributed by atoms with Gasteiger partial charge in [-0.05, 0) is 5.92 Å². The summed E-state index contributed by atoms with van der Waals surface area (Å²) in [6, 6.07) is 0. The zero-order chi connectivity index (χ0) is 9.14. The molecule has 0 aromatic carbocycles. The maximum absolute atomic E-state index is 11.0. The molecule has 1 heterocycles. The molecular formula is C9H13ClO2. The van der Waals surface area contributed by atoms with E-state index in [9.17, 15) is 4.79 Å². The van der Waals surface area contributed by atoms with E-state index < -0.39 is 0 Å². The predicted octanol–water partition coefficient (Wildman–Crippen LogP) is 2.12. The smallest absolute Gasteiger partial charge is 0.331 e. The number of ether oxygens (including phenoxy) is 1. The van der Waals surface area contributed by atoms with Crippen LogP contribution in [-0.4, -0.2) is 18.0 Å². The van der Waals surface area contributed by atoms with E-state index in [1.165, 1.54) is 0 Å². The first-order chi connectivity index (χ1) is 5.63. The van der Waals surface area contributed by atoms with Gasteiger partial charge in [0.15, 0.2) is 0 Å². The van der Waals surface area contributed by atoms with Gasteiger partial charge in [0.1, 0.15) is 6.10 Å². The van der Waals surface area contributed by atoms with E-state index in [4.69, 9.17) is 16.3 Å². The highest BCUT2D eigenvalue weighted by Crippen LogP contribution is 2.22. The second-order valence-electron chi connectivity index (χ2n) is 3.29. The number of carbonyl (C=O) groups excluding carboxylic acids is 1. The van der Waals surface area contributed by atoms with Crippen molar-refractivity contribution in [1.29, 1.82) is 0 Å². The average molecular weight is 189 g/mol. The standard InChI is InChI=1S/C9H13ClO2/c1-6(2)7-3-8(5-10)12-9(11)4-7/h4,6,8H,3,5H2,1-2H3. The van der Waals surface area contributed by atoms with Crippen molar-refractivity contribution in [2.45, 2.75) is 26.4 Å². The first kappa shape index (κ1) is 9.59. The topological polar surface area (TPSA) is 26.3 Å². The molecule has 1 aliphatic heterocycles. The number of hydrogen-bond acceptors (Lipinski definition) is 2. The Bertz CT molecular complexity index is 209. The SMILES string of the molecule is CC(C)C1=CC(=O)OC(CCl)C1. The molecule has 0 spiro atoms. The number of cyclic esters (lactones) is 1. The Kier molecular flexibility index (Phi) is 3.15. The molecule has 0 aromatic heterocycles. The van der Waals surface area contributed by atoms with Crippen LogP contribution in [0, 0.1) is 5.92 Å². The molecule has 1 aliphatic rings. The summed E-state index contributed by atoms with van der Waals surface area (Å²) in [5.41, 5.74) is 1.14. The summed E-state index contributed by atoms with van der Waals surface area (Å²) in [5, 5.41) is 0. The van der Waals surface area contributed by atoms with Crippen LogP contribution in [0.2, 0.25) is 0 Å². The summed E-state index contributed by atoms with van der Waals surface area (Å²) >= 11 is 5.61. The lowest BCUT2D eigenvalue weighted by Gasteiger charge is -2.23. The minimum atomic E-state index is -0.254. The fourth-order valence-electron chi connectivity index (χ4n) is 1.20. The number of rotatable bonds is 2. The van der Waals surface area contributed by atoms with Crippen LogP contribution in [0.25, 0.3) is 0 Å². The first-order valence-electron chi connectivity index (χ1n) is 4.10. The molecular weight excluding hydrogens is 176 g/mol. The van der Waals surface area contributed by atoms with Crippen molar-refractivity contribution in [3.05, 3.63) is 11.6 Å². The lowest BCUT2D eigenvalue weighted by molar-refractivity contribution is -0.143. The Labute approximate surface area is 77.5 Å². The van der Waals surface area contributed by atoms with Crippen molar-refractivity contribution in [2.75, 3.05) is 5.88 Å². The number of alkyl halides is 1. The third-order valence-corrected chi connectivity index (χ3v) is 2.31. The molecule has 0 saturated heterocycles. The third kappa shape index (κ3) is 2.24. The number of carbonyl (C=O) groups is 1. The van der Waals surface area contributed by atoms with Gasteiger partial charge >= 0.3 is 5.97 Å². The number of halogens is 1. The van der Waals surface area contributed by atoms with E-state index in [0.29, 0.717) is 11.8 Å². The van der Waals surface area contributed by atoms with Gasteiger partial charge in [-0.2, -0.15) is 0 Å². The Morgan fingerprint density at radius 3 is 2.92 bits per heavy atom. The maximum atomic E-state index is 11.0. The van der Waals surface area contributed by atoms with Crippen molar-refractivity contribution < 1.29 is 9.53 Å². The largest absolute Gasteiger partial charge is 0.458 e. The zero-order valence-corrected chi connectivity index (χ0v) is 8.10. The van der Waals surface area contributed by atoms with Crippen LogP contribution in [-0.2, 0) is 9.53 Å². The van der Waals surface area contributed by atoms with Crippen LogP contribution in [0.15, 0.2) is 11.6 Å². The van der Waals surface area contributed by atoms with E-state index in [1.54, 1.807) is 6.08 Å². The summed E-state index contributed by atoms with van der Waals surface area (Å²) in [6.07, 6.45) is 2.24. The Morgan fingerprint density at radius 1 is 1.75 bits per heavy atom. The van der Waals surface area contributed by atoms with Crippen molar-refractivity contribution >= 4 is 17.6 Å². The highest BCUT2D eigenvalue weighted by molar-refractivity contribution is 6.18. The summed E-state index contributed by atoms with van der Waals surface area (Å²) in [4.78, 5) is 11.0. The minimum Gasteiger partial charge on any atom is -0.458 e. The Balaban J connectivity index is 2.69. The van der Waals surface area contributed by atoms with Crippen molar-refractivity contribution in [1.82, 2.24) is 0 Å². The fraction of sp³-hybridized carbons (Fsp3) is 0.667. The second kappa shape index (κ2) is 3.94. The van der Waals surface area contributed by atoms with Gasteiger partial charge in [0, 0.05) is 12.5 Å². The predicted molar refractivity (Wildman–Crippen MR) is 48.1 cm³/mol. The summed E-state index contributed by atoms with van der Waals surface area (Å²) in [7, 11) is 0. The molecule has 0 aromatic rings. The van der Waals surface area contributed by atoms with Gasteiger partial charge in [-0.15, -0.1) is 11.6 Å². The summed E-state index contributed by atoms with van der Waals surface area (Å²) < 4.78 is 4.97. The molecule has 3 heteroatoms. The van der Waals surface area contributed by atoms with E-state index in [0.717, 1.165) is 12.0 Å². The van der Waals surface area contributed by atoms with Crippen molar-refractivity contribution in [2.24, 2.45) is 5.92 Å². The molecule has 0 radical (unpaired) electrons. The van der Waals surface area contributed by atoms with Crippen LogP contribution in [0.5, 0.6) is 0 Å². The molecule has 0 N–H and O–H groups in total. The molecule has 1 atom stereocenters. The van der Waals surface area contributed by atoms with Crippen LogP contribution in [0.1, 0.15) is 20.3 Å². The van der Waals surface area contributed by atoms with E-state index in [2.05, 4.69) is 13.8 Å². The third-order valence-electron chi connectivity index (χ3n) is 1.96. The number of hydrogen-bond donors (Lipinski definition) is 0. The summed E-state index contributed by atoms with van der Waals surface area (Å²) in [6.45, 7) is 4.13. The molecule has 0 saturated carbocycles.